The zero-order valence-corrected chi connectivity index (χ0v) is 11.6. The number of fused-ring (bicyclic) bond motifs is 1. The van der Waals surface area contributed by atoms with Gasteiger partial charge in [-0.05, 0) is 51.7 Å². The van der Waals surface area contributed by atoms with E-state index in [2.05, 4.69) is 62.8 Å². The van der Waals surface area contributed by atoms with Gasteiger partial charge in [-0.15, -0.1) is 11.3 Å². The normalized spacial score (nSPS) is 10.4. The molecule has 14 heavy (non-hydrogen) atoms. The van der Waals surface area contributed by atoms with Gasteiger partial charge < -0.3 is 0 Å². The largest absolute Gasteiger partial charge is 0.198 e. The van der Waals surface area contributed by atoms with E-state index in [4.69, 9.17) is 5.26 Å². The molecule has 1 aromatic heterocycles. The second kappa shape index (κ2) is 4.17. The third-order valence-corrected chi connectivity index (χ3v) is 4.52. The monoisotopic (exact) mass is 377 g/mol. The SMILES string of the molecule is N#CCc1cc2sc(I)cc2cc1Br. The molecule has 0 saturated heterocycles. The number of nitriles is 1. The maximum atomic E-state index is 8.65. The Morgan fingerprint density at radius 2 is 2.21 bits per heavy atom. The summed E-state index contributed by atoms with van der Waals surface area (Å²) in [5.74, 6) is 0. The lowest BCUT2D eigenvalue weighted by Crippen LogP contribution is -1.82. The van der Waals surface area contributed by atoms with Crippen molar-refractivity contribution in [2.24, 2.45) is 0 Å². The van der Waals surface area contributed by atoms with Crippen molar-refractivity contribution in [3.8, 4) is 6.07 Å². The van der Waals surface area contributed by atoms with Crippen LogP contribution in [0.4, 0.5) is 0 Å². The summed E-state index contributed by atoms with van der Waals surface area (Å²) in [6.07, 6.45) is 0.463. The fourth-order valence-corrected chi connectivity index (χ4v) is 3.67. The van der Waals surface area contributed by atoms with Gasteiger partial charge in [0, 0.05) is 9.17 Å². The topological polar surface area (TPSA) is 23.8 Å². The minimum atomic E-state index is 0.463. The molecule has 70 valence electrons. The van der Waals surface area contributed by atoms with Crippen molar-refractivity contribution >= 4 is 59.9 Å². The van der Waals surface area contributed by atoms with Gasteiger partial charge in [-0.25, -0.2) is 0 Å². The van der Waals surface area contributed by atoms with E-state index in [-0.39, 0.29) is 0 Å². The van der Waals surface area contributed by atoms with Gasteiger partial charge in [-0.2, -0.15) is 5.26 Å². The number of hydrogen-bond acceptors (Lipinski definition) is 2. The first-order valence-electron chi connectivity index (χ1n) is 3.95. The fourth-order valence-electron chi connectivity index (χ4n) is 1.29. The third-order valence-electron chi connectivity index (χ3n) is 1.92. The molecule has 0 amide bonds. The molecular formula is C10H5BrINS. The molecule has 0 aliphatic carbocycles. The smallest absolute Gasteiger partial charge is 0.0670 e. The van der Waals surface area contributed by atoms with Crippen molar-refractivity contribution in [1.29, 1.82) is 5.26 Å². The Balaban J connectivity index is 2.65. The minimum absolute atomic E-state index is 0.463. The van der Waals surface area contributed by atoms with E-state index >= 15 is 0 Å². The second-order valence-electron chi connectivity index (χ2n) is 2.87. The first-order valence-corrected chi connectivity index (χ1v) is 6.64. The quantitative estimate of drug-likeness (QED) is 0.678. The van der Waals surface area contributed by atoms with Gasteiger partial charge in [0.1, 0.15) is 0 Å². The van der Waals surface area contributed by atoms with E-state index < -0.39 is 0 Å². The molecule has 0 atom stereocenters. The van der Waals surface area contributed by atoms with Crippen LogP contribution in [0.5, 0.6) is 0 Å². The molecule has 0 spiro atoms. The number of thiophene rings is 1. The van der Waals surface area contributed by atoms with Crippen LogP contribution in [0.25, 0.3) is 10.1 Å². The molecule has 0 bridgehead atoms. The lowest BCUT2D eigenvalue weighted by atomic mass is 10.1. The van der Waals surface area contributed by atoms with Gasteiger partial charge in [0.15, 0.2) is 0 Å². The highest BCUT2D eigenvalue weighted by Crippen LogP contribution is 2.31. The van der Waals surface area contributed by atoms with Gasteiger partial charge in [0.25, 0.3) is 0 Å². The fraction of sp³-hybridized carbons (Fsp3) is 0.100. The molecule has 1 heterocycles. The molecule has 0 aliphatic rings. The third kappa shape index (κ3) is 1.95. The molecule has 1 aromatic carbocycles. The predicted octanol–water partition coefficient (Wildman–Crippen LogP) is 4.33. The first-order chi connectivity index (χ1) is 6.70. The molecule has 0 saturated carbocycles. The highest BCUT2D eigenvalue weighted by atomic mass is 127. The maximum Gasteiger partial charge on any atom is 0.0670 e. The summed E-state index contributed by atoms with van der Waals surface area (Å²) in [6.45, 7) is 0. The number of rotatable bonds is 1. The van der Waals surface area contributed by atoms with Crippen LogP contribution >= 0.6 is 49.9 Å². The summed E-state index contributed by atoms with van der Waals surface area (Å²) in [6, 6.07) is 8.50. The summed E-state index contributed by atoms with van der Waals surface area (Å²) in [4.78, 5) is 0. The summed E-state index contributed by atoms with van der Waals surface area (Å²) in [5.41, 5.74) is 1.07. The van der Waals surface area contributed by atoms with Crippen LogP contribution in [-0.2, 0) is 6.42 Å². The van der Waals surface area contributed by atoms with Crippen molar-refractivity contribution in [2.75, 3.05) is 0 Å². The minimum Gasteiger partial charge on any atom is -0.198 e. The highest BCUT2D eigenvalue weighted by molar-refractivity contribution is 14.1. The molecule has 0 radical (unpaired) electrons. The molecule has 2 rings (SSSR count). The number of benzene rings is 1. The van der Waals surface area contributed by atoms with Crippen LogP contribution in [0.15, 0.2) is 22.7 Å². The molecule has 4 heteroatoms. The molecule has 0 unspecified atom stereocenters. The zero-order valence-electron chi connectivity index (χ0n) is 7.05. The molecule has 2 aromatic rings. The van der Waals surface area contributed by atoms with E-state index in [1.165, 1.54) is 13.0 Å². The Morgan fingerprint density at radius 3 is 2.93 bits per heavy atom. The summed E-state index contributed by atoms with van der Waals surface area (Å²) >= 11 is 7.55. The van der Waals surface area contributed by atoms with Gasteiger partial charge in [-0.3, -0.25) is 0 Å². The highest BCUT2D eigenvalue weighted by Gasteiger charge is 2.05. The van der Waals surface area contributed by atoms with E-state index in [1.54, 1.807) is 11.3 Å². The van der Waals surface area contributed by atoms with E-state index in [9.17, 15) is 0 Å². The Hall–Kier alpha value is -0.120. The second-order valence-corrected chi connectivity index (χ2v) is 6.70. The van der Waals surface area contributed by atoms with Crippen LogP contribution in [0, 0.1) is 14.2 Å². The van der Waals surface area contributed by atoms with Crippen LogP contribution in [0.3, 0.4) is 0 Å². The molecule has 0 N–H and O–H groups in total. The first kappa shape index (κ1) is 10.4. The van der Waals surface area contributed by atoms with E-state index in [0.29, 0.717) is 6.42 Å². The number of halogens is 2. The van der Waals surface area contributed by atoms with Gasteiger partial charge >= 0.3 is 0 Å². The van der Waals surface area contributed by atoms with Crippen molar-refractivity contribution in [3.63, 3.8) is 0 Å². The molecule has 0 aliphatic heterocycles. The van der Waals surface area contributed by atoms with E-state index in [0.717, 1.165) is 10.0 Å². The van der Waals surface area contributed by atoms with Crippen molar-refractivity contribution < 1.29 is 0 Å². The molecular weight excluding hydrogens is 373 g/mol. The van der Waals surface area contributed by atoms with Gasteiger partial charge in [0.2, 0.25) is 0 Å². The van der Waals surface area contributed by atoms with E-state index in [1.807, 2.05) is 0 Å². The van der Waals surface area contributed by atoms with Crippen LogP contribution in [0.2, 0.25) is 0 Å². The average molecular weight is 378 g/mol. The van der Waals surface area contributed by atoms with Crippen LogP contribution < -0.4 is 0 Å². The molecule has 0 fully saturated rings. The average Bonchev–Trinajstić information content (AvgIpc) is 2.45. The number of hydrogen-bond donors (Lipinski definition) is 0. The summed E-state index contributed by atoms with van der Waals surface area (Å²) < 4.78 is 3.56. The summed E-state index contributed by atoms with van der Waals surface area (Å²) in [5, 5.41) is 9.90. The predicted molar refractivity (Wildman–Crippen MR) is 71.6 cm³/mol. The standard InChI is InChI=1S/C10H5BrINS/c11-8-3-7-5-10(12)14-9(7)4-6(8)1-2-13/h3-5H,1H2. The number of nitrogens with zero attached hydrogens (tertiary/aromatic N) is 1. The van der Waals surface area contributed by atoms with Crippen LogP contribution in [-0.4, -0.2) is 0 Å². The maximum absolute atomic E-state index is 8.65. The Kier molecular flexibility index (Phi) is 3.10. The Labute approximate surface area is 108 Å². The van der Waals surface area contributed by atoms with Crippen molar-refractivity contribution in [3.05, 3.63) is 31.1 Å². The lowest BCUT2D eigenvalue weighted by molar-refractivity contribution is 1.26. The zero-order chi connectivity index (χ0) is 10.1. The van der Waals surface area contributed by atoms with Gasteiger partial charge in [-0.1, -0.05) is 15.9 Å². The Morgan fingerprint density at radius 1 is 1.43 bits per heavy atom. The summed E-state index contributed by atoms with van der Waals surface area (Å²) in [7, 11) is 0. The van der Waals surface area contributed by atoms with Crippen molar-refractivity contribution in [2.45, 2.75) is 6.42 Å². The Bertz CT molecular complexity index is 527. The molecule has 1 nitrogen and oxygen atoms in total. The van der Waals surface area contributed by atoms with Gasteiger partial charge in [0.05, 0.1) is 15.4 Å². The van der Waals surface area contributed by atoms with Crippen molar-refractivity contribution in [1.82, 2.24) is 0 Å². The lowest BCUT2D eigenvalue weighted by Gasteiger charge is -1.99. The van der Waals surface area contributed by atoms with Crippen LogP contribution in [0.1, 0.15) is 5.56 Å².